The SMILES string of the molecule is CC(C)CN[C@@H]1CS(=O)(=O)C[C@H]1S(=O)(=O)c1ccc(Cl)cc1. The van der Waals surface area contributed by atoms with Crippen LogP contribution in [0.2, 0.25) is 5.02 Å². The smallest absolute Gasteiger partial charge is 0.183 e. The molecule has 1 fully saturated rings. The lowest BCUT2D eigenvalue weighted by Crippen LogP contribution is -2.44. The standard InChI is InChI=1S/C14H20ClNO4S2/c1-10(2)7-16-13-8-21(17,18)9-14(13)22(19,20)12-5-3-11(15)4-6-12/h3-6,10,13-14,16H,7-9H2,1-2H3/t13-,14-/m1/s1. The third kappa shape index (κ3) is 4.01. The summed E-state index contributed by atoms with van der Waals surface area (Å²) in [6, 6.07) is 5.25. The molecule has 5 nitrogen and oxygen atoms in total. The van der Waals surface area contributed by atoms with Crippen molar-refractivity contribution in [3.05, 3.63) is 29.3 Å². The molecular weight excluding hydrogens is 346 g/mol. The van der Waals surface area contributed by atoms with Crippen molar-refractivity contribution >= 4 is 31.3 Å². The second-order valence-corrected chi connectivity index (χ2v) is 10.8. The third-order valence-corrected chi connectivity index (χ3v) is 8.05. The molecule has 8 heteroatoms. The molecule has 1 N–H and O–H groups in total. The van der Waals surface area contributed by atoms with Crippen LogP contribution < -0.4 is 5.32 Å². The first-order valence-electron chi connectivity index (χ1n) is 7.05. The van der Waals surface area contributed by atoms with Gasteiger partial charge in [-0.05, 0) is 36.7 Å². The van der Waals surface area contributed by atoms with Crippen LogP contribution in [0.1, 0.15) is 13.8 Å². The first-order chi connectivity index (χ1) is 10.1. The second-order valence-electron chi connectivity index (χ2n) is 6.02. The Morgan fingerprint density at radius 1 is 1.23 bits per heavy atom. The first kappa shape index (κ1) is 17.7. The van der Waals surface area contributed by atoms with Crippen LogP contribution in [0.3, 0.4) is 0 Å². The summed E-state index contributed by atoms with van der Waals surface area (Å²) >= 11 is 5.78. The number of rotatable bonds is 5. The van der Waals surface area contributed by atoms with Gasteiger partial charge in [0.25, 0.3) is 0 Å². The van der Waals surface area contributed by atoms with Gasteiger partial charge in [-0.2, -0.15) is 0 Å². The Balaban J connectivity index is 2.32. The largest absolute Gasteiger partial charge is 0.311 e. The average Bonchev–Trinajstić information content (AvgIpc) is 2.73. The summed E-state index contributed by atoms with van der Waals surface area (Å²) < 4.78 is 49.3. The Bertz CT molecular complexity index is 727. The van der Waals surface area contributed by atoms with Crippen LogP contribution >= 0.6 is 11.6 Å². The van der Waals surface area contributed by atoms with Crippen molar-refractivity contribution < 1.29 is 16.8 Å². The fourth-order valence-electron chi connectivity index (χ4n) is 2.50. The molecule has 2 atom stereocenters. The summed E-state index contributed by atoms with van der Waals surface area (Å²) in [5.74, 6) is -0.174. The van der Waals surface area contributed by atoms with Crippen LogP contribution in [-0.4, -0.2) is 46.2 Å². The van der Waals surface area contributed by atoms with Crippen LogP contribution in [0.5, 0.6) is 0 Å². The Kier molecular flexibility index (Phi) is 5.21. The predicted molar refractivity (Wildman–Crippen MR) is 87.7 cm³/mol. The highest BCUT2D eigenvalue weighted by Gasteiger charge is 2.45. The predicted octanol–water partition coefficient (Wildman–Crippen LogP) is 1.52. The Morgan fingerprint density at radius 2 is 1.82 bits per heavy atom. The van der Waals surface area contributed by atoms with E-state index < -0.39 is 31.0 Å². The quantitative estimate of drug-likeness (QED) is 0.855. The molecule has 1 aliphatic rings. The number of sulfone groups is 2. The van der Waals surface area contributed by atoms with E-state index in [1.807, 2.05) is 13.8 Å². The van der Waals surface area contributed by atoms with Crippen molar-refractivity contribution in [3.63, 3.8) is 0 Å². The van der Waals surface area contributed by atoms with E-state index >= 15 is 0 Å². The molecule has 1 aromatic carbocycles. The maximum atomic E-state index is 12.7. The van der Waals surface area contributed by atoms with Crippen molar-refractivity contribution in [3.8, 4) is 0 Å². The molecule has 1 aliphatic heterocycles. The van der Waals surface area contributed by atoms with Gasteiger partial charge in [-0.1, -0.05) is 25.4 Å². The maximum absolute atomic E-state index is 12.7. The van der Waals surface area contributed by atoms with Crippen LogP contribution in [0.15, 0.2) is 29.2 Å². The van der Waals surface area contributed by atoms with Crippen LogP contribution in [-0.2, 0) is 19.7 Å². The van der Waals surface area contributed by atoms with Crippen molar-refractivity contribution in [2.24, 2.45) is 5.92 Å². The molecule has 1 aromatic rings. The summed E-state index contributed by atoms with van der Waals surface area (Å²) in [5.41, 5.74) is 0. The summed E-state index contributed by atoms with van der Waals surface area (Å²) in [5, 5.41) is 2.57. The van der Waals surface area contributed by atoms with Gasteiger partial charge >= 0.3 is 0 Å². The van der Waals surface area contributed by atoms with E-state index in [2.05, 4.69) is 5.32 Å². The Hall–Kier alpha value is -0.630. The average molecular weight is 366 g/mol. The minimum atomic E-state index is -3.72. The summed E-state index contributed by atoms with van der Waals surface area (Å²) in [4.78, 5) is 0.107. The molecule has 0 unspecified atom stereocenters. The number of hydrogen-bond acceptors (Lipinski definition) is 5. The normalized spacial score (nSPS) is 24.7. The lowest BCUT2D eigenvalue weighted by atomic mass is 10.2. The highest BCUT2D eigenvalue weighted by Crippen LogP contribution is 2.26. The third-order valence-electron chi connectivity index (χ3n) is 3.63. The van der Waals surface area contributed by atoms with E-state index in [0.717, 1.165) is 0 Å². The summed E-state index contributed by atoms with van der Waals surface area (Å²) in [6.07, 6.45) is 0. The van der Waals surface area contributed by atoms with E-state index in [1.165, 1.54) is 24.3 Å². The van der Waals surface area contributed by atoms with Gasteiger partial charge in [0.05, 0.1) is 21.7 Å². The van der Waals surface area contributed by atoms with Crippen molar-refractivity contribution in [1.82, 2.24) is 5.32 Å². The van der Waals surface area contributed by atoms with Crippen molar-refractivity contribution in [2.75, 3.05) is 18.1 Å². The number of halogens is 1. The molecule has 2 rings (SSSR count). The molecular formula is C14H20ClNO4S2. The molecule has 1 heterocycles. The molecule has 1 saturated heterocycles. The van der Waals surface area contributed by atoms with Gasteiger partial charge in [0, 0.05) is 11.1 Å². The monoisotopic (exact) mass is 365 g/mol. The lowest BCUT2D eigenvalue weighted by Gasteiger charge is -2.21. The molecule has 22 heavy (non-hydrogen) atoms. The summed E-state index contributed by atoms with van der Waals surface area (Å²) in [6.45, 7) is 4.55. The zero-order valence-electron chi connectivity index (χ0n) is 12.5. The second kappa shape index (κ2) is 6.47. The van der Waals surface area contributed by atoms with Gasteiger partial charge in [0.15, 0.2) is 19.7 Å². The fraction of sp³-hybridized carbons (Fsp3) is 0.571. The van der Waals surface area contributed by atoms with E-state index in [0.29, 0.717) is 17.5 Å². The Labute approximate surface area is 136 Å². The van der Waals surface area contributed by atoms with E-state index in [1.54, 1.807) is 0 Å². The zero-order valence-corrected chi connectivity index (χ0v) is 14.9. The first-order valence-corrected chi connectivity index (χ1v) is 10.8. The summed E-state index contributed by atoms with van der Waals surface area (Å²) in [7, 11) is -7.08. The molecule has 0 radical (unpaired) electrons. The van der Waals surface area contributed by atoms with Crippen LogP contribution in [0, 0.1) is 5.92 Å². The van der Waals surface area contributed by atoms with Crippen LogP contribution in [0.4, 0.5) is 0 Å². The Morgan fingerprint density at radius 3 is 2.36 bits per heavy atom. The molecule has 0 spiro atoms. The number of hydrogen-bond donors (Lipinski definition) is 1. The molecule has 0 amide bonds. The molecule has 0 aromatic heterocycles. The molecule has 0 bridgehead atoms. The van der Waals surface area contributed by atoms with Gasteiger partial charge in [-0.3, -0.25) is 0 Å². The van der Waals surface area contributed by atoms with Gasteiger partial charge in [-0.25, -0.2) is 16.8 Å². The lowest BCUT2D eigenvalue weighted by molar-refractivity contribution is 0.480. The number of nitrogens with one attached hydrogen (secondary N) is 1. The molecule has 124 valence electrons. The highest BCUT2D eigenvalue weighted by atomic mass is 35.5. The minimum absolute atomic E-state index is 0.107. The fourth-order valence-corrected chi connectivity index (χ4v) is 7.34. The zero-order chi connectivity index (χ0) is 16.5. The van der Waals surface area contributed by atoms with E-state index in [4.69, 9.17) is 11.6 Å². The topological polar surface area (TPSA) is 80.3 Å². The maximum Gasteiger partial charge on any atom is 0.183 e. The number of benzene rings is 1. The van der Waals surface area contributed by atoms with Crippen LogP contribution in [0.25, 0.3) is 0 Å². The van der Waals surface area contributed by atoms with E-state index in [9.17, 15) is 16.8 Å². The van der Waals surface area contributed by atoms with Crippen molar-refractivity contribution in [2.45, 2.75) is 30.0 Å². The van der Waals surface area contributed by atoms with Crippen molar-refractivity contribution in [1.29, 1.82) is 0 Å². The van der Waals surface area contributed by atoms with Gasteiger partial charge < -0.3 is 5.32 Å². The van der Waals surface area contributed by atoms with Gasteiger partial charge in [0.1, 0.15) is 0 Å². The van der Waals surface area contributed by atoms with E-state index in [-0.39, 0.29) is 16.4 Å². The molecule has 0 saturated carbocycles. The minimum Gasteiger partial charge on any atom is -0.311 e. The van der Waals surface area contributed by atoms with Gasteiger partial charge in [-0.15, -0.1) is 0 Å². The highest BCUT2D eigenvalue weighted by molar-refractivity contribution is 7.96. The van der Waals surface area contributed by atoms with Gasteiger partial charge in [0.2, 0.25) is 0 Å². The molecule has 0 aliphatic carbocycles.